The molecule has 1 fully saturated rings. The Balaban J connectivity index is 2.05. The second-order valence-corrected chi connectivity index (χ2v) is 5.70. The maximum atomic E-state index is 12.6. The first kappa shape index (κ1) is 16.9. The molecule has 0 aliphatic carbocycles. The number of carbonyl (C=O) groups is 1. The van der Waals surface area contributed by atoms with E-state index >= 15 is 0 Å². The Morgan fingerprint density at radius 1 is 1.45 bits per heavy atom. The molecule has 124 valence electrons. The van der Waals surface area contributed by atoms with Crippen molar-refractivity contribution in [1.82, 2.24) is 25.2 Å². The Bertz CT molecular complexity index is 470. The zero-order valence-corrected chi connectivity index (χ0v) is 13.1. The molecule has 22 heavy (non-hydrogen) atoms. The third-order valence-corrected chi connectivity index (χ3v) is 3.87. The van der Waals surface area contributed by atoms with Crippen LogP contribution < -0.4 is 11.1 Å². The zero-order valence-electron chi connectivity index (χ0n) is 13.1. The van der Waals surface area contributed by atoms with Gasteiger partial charge in [0.05, 0.1) is 11.8 Å². The van der Waals surface area contributed by atoms with Crippen molar-refractivity contribution in [3.63, 3.8) is 0 Å². The van der Waals surface area contributed by atoms with Crippen molar-refractivity contribution >= 4 is 5.91 Å². The predicted molar refractivity (Wildman–Crippen MR) is 82.2 cm³/mol. The molecule has 4 N–H and O–H groups in total. The van der Waals surface area contributed by atoms with Crippen LogP contribution in [0.1, 0.15) is 31.5 Å². The normalized spacial score (nSPS) is 18.2. The van der Waals surface area contributed by atoms with Crippen LogP contribution in [0.5, 0.6) is 0 Å². The summed E-state index contributed by atoms with van der Waals surface area (Å²) in [5.74, 6) is -0.102. The number of rotatable bonds is 7. The van der Waals surface area contributed by atoms with Gasteiger partial charge in [0, 0.05) is 32.4 Å². The summed E-state index contributed by atoms with van der Waals surface area (Å²) in [7, 11) is 0. The number of aromatic nitrogens is 3. The van der Waals surface area contributed by atoms with Crippen LogP contribution in [-0.2, 0) is 11.2 Å². The van der Waals surface area contributed by atoms with Gasteiger partial charge in [-0.3, -0.25) is 4.79 Å². The van der Waals surface area contributed by atoms with E-state index in [0.29, 0.717) is 19.6 Å². The maximum absolute atomic E-state index is 12.6. The molecule has 1 aromatic heterocycles. The number of amides is 1. The van der Waals surface area contributed by atoms with Crippen LogP contribution in [0.15, 0.2) is 6.20 Å². The van der Waals surface area contributed by atoms with Crippen molar-refractivity contribution < 1.29 is 9.90 Å². The Hall–Kier alpha value is -1.51. The fraction of sp³-hybridized carbons (Fsp3) is 0.786. The molecule has 1 amide bonds. The summed E-state index contributed by atoms with van der Waals surface area (Å²) in [6.45, 7) is 5.13. The lowest BCUT2D eigenvalue weighted by atomic mass is 10.1. The van der Waals surface area contributed by atoms with Gasteiger partial charge < -0.3 is 21.1 Å². The molecular weight excluding hydrogens is 284 g/mol. The minimum absolute atomic E-state index is 0.102. The molecule has 2 heterocycles. The lowest BCUT2D eigenvalue weighted by Gasteiger charge is -2.31. The van der Waals surface area contributed by atoms with Gasteiger partial charge in [-0.05, 0) is 32.7 Å². The average molecular weight is 310 g/mol. The summed E-state index contributed by atoms with van der Waals surface area (Å²) in [4.78, 5) is 14.4. The van der Waals surface area contributed by atoms with Gasteiger partial charge in [0.25, 0.3) is 0 Å². The number of nitrogens with one attached hydrogen (secondary N) is 1. The molecule has 0 bridgehead atoms. The molecule has 0 radical (unpaired) electrons. The number of aliphatic hydroxyl groups is 1. The number of nitrogens with two attached hydrogens (primary N) is 1. The van der Waals surface area contributed by atoms with Crippen molar-refractivity contribution in [3.05, 3.63) is 11.9 Å². The highest BCUT2D eigenvalue weighted by atomic mass is 16.3. The number of hydrogen-bond acceptors (Lipinski definition) is 6. The molecular formula is C14H26N6O2. The second kappa shape index (κ2) is 8.21. The fourth-order valence-electron chi connectivity index (χ4n) is 2.63. The van der Waals surface area contributed by atoms with Gasteiger partial charge in [0.2, 0.25) is 5.91 Å². The molecule has 1 aliphatic heterocycles. The Labute approximate surface area is 130 Å². The zero-order chi connectivity index (χ0) is 15.9. The molecule has 0 aromatic carbocycles. The largest absolute Gasteiger partial charge is 0.391 e. The third kappa shape index (κ3) is 4.25. The third-order valence-electron chi connectivity index (χ3n) is 3.87. The second-order valence-electron chi connectivity index (χ2n) is 5.70. The molecule has 1 saturated heterocycles. The van der Waals surface area contributed by atoms with E-state index in [1.807, 2.05) is 0 Å². The van der Waals surface area contributed by atoms with Gasteiger partial charge in [0.1, 0.15) is 0 Å². The molecule has 0 saturated carbocycles. The van der Waals surface area contributed by atoms with Gasteiger partial charge in [0.15, 0.2) is 6.04 Å². The molecule has 1 aromatic rings. The van der Waals surface area contributed by atoms with Crippen LogP contribution in [0.4, 0.5) is 0 Å². The van der Waals surface area contributed by atoms with Crippen LogP contribution in [-0.4, -0.2) is 69.7 Å². The van der Waals surface area contributed by atoms with E-state index in [1.165, 1.54) is 4.68 Å². The molecule has 1 unspecified atom stereocenters. The minimum Gasteiger partial charge on any atom is -0.391 e. The van der Waals surface area contributed by atoms with E-state index in [0.717, 1.165) is 38.0 Å². The first-order valence-corrected chi connectivity index (χ1v) is 7.92. The van der Waals surface area contributed by atoms with E-state index in [-0.39, 0.29) is 5.91 Å². The highest BCUT2D eigenvalue weighted by molar-refractivity contribution is 5.81. The summed E-state index contributed by atoms with van der Waals surface area (Å²) < 4.78 is 1.49. The van der Waals surface area contributed by atoms with Crippen LogP contribution >= 0.6 is 0 Å². The Morgan fingerprint density at radius 2 is 2.18 bits per heavy atom. The highest BCUT2D eigenvalue weighted by Gasteiger charge is 2.31. The standard InChI is InChI=1S/C14H26N6O2/c1-11(21)13(14(22)19-8-6-16-7-9-19)20-10-12(17-18-20)4-2-3-5-15/h10-11,13,16,21H,2-9,15H2,1H3/t11-,13?/m0/s1. The van der Waals surface area contributed by atoms with Gasteiger partial charge >= 0.3 is 0 Å². The number of carbonyl (C=O) groups excluding carboxylic acids is 1. The lowest BCUT2D eigenvalue weighted by Crippen LogP contribution is -2.50. The number of nitrogens with zero attached hydrogens (tertiary/aromatic N) is 4. The number of unbranched alkanes of at least 4 members (excludes halogenated alkanes) is 1. The summed E-state index contributed by atoms with van der Waals surface area (Å²) in [6, 6.07) is -0.714. The Kier molecular flexibility index (Phi) is 6.29. The van der Waals surface area contributed by atoms with Gasteiger partial charge in [-0.2, -0.15) is 0 Å². The van der Waals surface area contributed by atoms with Crippen LogP contribution in [0.3, 0.4) is 0 Å². The van der Waals surface area contributed by atoms with E-state index in [4.69, 9.17) is 5.73 Å². The van der Waals surface area contributed by atoms with Crippen LogP contribution in [0.25, 0.3) is 0 Å². The number of aryl methyl sites for hydroxylation is 1. The van der Waals surface area contributed by atoms with Crippen molar-refractivity contribution in [1.29, 1.82) is 0 Å². The summed E-state index contributed by atoms with van der Waals surface area (Å²) in [6.07, 6.45) is 3.60. The fourth-order valence-corrected chi connectivity index (χ4v) is 2.63. The van der Waals surface area contributed by atoms with E-state index in [9.17, 15) is 9.90 Å². The predicted octanol–water partition coefficient (Wildman–Crippen LogP) is -1.09. The summed E-state index contributed by atoms with van der Waals surface area (Å²) in [5.41, 5.74) is 6.30. The van der Waals surface area contributed by atoms with Crippen molar-refractivity contribution in [2.75, 3.05) is 32.7 Å². The highest BCUT2D eigenvalue weighted by Crippen LogP contribution is 2.16. The molecule has 2 atom stereocenters. The molecule has 0 spiro atoms. The molecule has 2 rings (SSSR count). The van der Waals surface area contributed by atoms with E-state index in [1.54, 1.807) is 18.0 Å². The Morgan fingerprint density at radius 3 is 2.82 bits per heavy atom. The topological polar surface area (TPSA) is 109 Å². The smallest absolute Gasteiger partial charge is 0.250 e. The van der Waals surface area contributed by atoms with Crippen molar-refractivity contribution in [3.8, 4) is 0 Å². The first-order valence-electron chi connectivity index (χ1n) is 7.92. The quantitative estimate of drug-likeness (QED) is 0.552. The van der Waals surface area contributed by atoms with E-state index < -0.39 is 12.1 Å². The number of hydrogen-bond donors (Lipinski definition) is 3. The lowest BCUT2D eigenvalue weighted by molar-refractivity contribution is -0.138. The summed E-state index contributed by atoms with van der Waals surface area (Å²) >= 11 is 0. The molecule has 1 aliphatic rings. The van der Waals surface area contributed by atoms with Gasteiger partial charge in [-0.25, -0.2) is 4.68 Å². The average Bonchev–Trinajstić information content (AvgIpc) is 2.96. The van der Waals surface area contributed by atoms with Gasteiger partial charge in [-0.15, -0.1) is 5.10 Å². The van der Waals surface area contributed by atoms with Crippen LogP contribution in [0.2, 0.25) is 0 Å². The van der Waals surface area contributed by atoms with Crippen LogP contribution in [0, 0.1) is 0 Å². The first-order chi connectivity index (χ1) is 10.6. The molecule has 8 nitrogen and oxygen atoms in total. The number of piperazine rings is 1. The van der Waals surface area contributed by atoms with Gasteiger partial charge in [-0.1, -0.05) is 5.21 Å². The number of aliphatic hydroxyl groups excluding tert-OH is 1. The maximum Gasteiger partial charge on any atom is 0.250 e. The van der Waals surface area contributed by atoms with Crippen molar-refractivity contribution in [2.24, 2.45) is 5.73 Å². The summed E-state index contributed by atoms with van der Waals surface area (Å²) in [5, 5.41) is 21.4. The SMILES string of the molecule is C[C@H](O)C(C(=O)N1CCNCC1)n1cc(CCCCN)nn1. The monoisotopic (exact) mass is 310 g/mol. The van der Waals surface area contributed by atoms with Crippen molar-refractivity contribution in [2.45, 2.75) is 38.3 Å². The molecule has 8 heteroatoms. The van der Waals surface area contributed by atoms with E-state index in [2.05, 4.69) is 15.6 Å². The minimum atomic E-state index is -0.819.